The van der Waals surface area contributed by atoms with Crippen LogP contribution < -0.4 is 20.9 Å². The Morgan fingerprint density at radius 2 is 2.00 bits per heavy atom. The lowest BCUT2D eigenvalue weighted by molar-refractivity contribution is 0.252. The highest BCUT2D eigenvalue weighted by molar-refractivity contribution is 5.90. The Kier molecular flexibility index (Phi) is 6.24. The summed E-state index contributed by atoms with van der Waals surface area (Å²) in [5.74, 6) is 0.730. The van der Waals surface area contributed by atoms with Gasteiger partial charge >= 0.3 is 6.03 Å². The van der Waals surface area contributed by atoms with Crippen LogP contribution in [0.4, 0.5) is 22.0 Å². The first-order valence-corrected chi connectivity index (χ1v) is 9.20. The molecule has 0 saturated carbocycles. The summed E-state index contributed by atoms with van der Waals surface area (Å²) in [5.41, 5.74) is 3.07. The van der Waals surface area contributed by atoms with Crippen molar-refractivity contribution in [1.29, 1.82) is 0 Å². The third-order valence-electron chi connectivity index (χ3n) is 4.47. The fourth-order valence-electron chi connectivity index (χ4n) is 3.07. The fourth-order valence-corrected chi connectivity index (χ4v) is 3.07. The highest BCUT2D eigenvalue weighted by Crippen LogP contribution is 2.20. The molecule has 0 bridgehead atoms. The van der Waals surface area contributed by atoms with Crippen molar-refractivity contribution in [3.8, 4) is 0 Å². The molecule has 2 aromatic rings. The SMILES string of the molecule is CCc1ccccc1NC(=O)NCCNc1cc(N2CCCC2)cnn1. The van der Waals surface area contributed by atoms with Gasteiger partial charge in [0, 0.05) is 37.9 Å². The molecule has 138 valence electrons. The number of hydrogen-bond acceptors (Lipinski definition) is 5. The molecule has 3 rings (SSSR count). The molecule has 2 heterocycles. The van der Waals surface area contributed by atoms with Crippen molar-refractivity contribution in [3.05, 3.63) is 42.1 Å². The molecular formula is C19H26N6O. The fraction of sp³-hybridized carbons (Fsp3) is 0.421. The van der Waals surface area contributed by atoms with Gasteiger partial charge in [-0.3, -0.25) is 0 Å². The van der Waals surface area contributed by atoms with Crippen molar-refractivity contribution in [2.45, 2.75) is 26.2 Å². The number of para-hydroxylation sites is 1. The Bertz CT molecular complexity index is 729. The maximum absolute atomic E-state index is 12.0. The molecule has 26 heavy (non-hydrogen) atoms. The van der Waals surface area contributed by atoms with Crippen LogP contribution in [-0.2, 0) is 6.42 Å². The molecule has 0 atom stereocenters. The van der Waals surface area contributed by atoms with Crippen molar-refractivity contribution >= 4 is 23.2 Å². The number of aromatic nitrogens is 2. The van der Waals surface area contributed by atoms with E-state index in [1.165, 1.54) is 12.8 Å². The summed E-state index contributed by atoms with van der Waals surface area (Å²) >= 11 is 0. The van der Waals surface area contributed by atoms with Crippen molar-refractivity contribution in [3.63, 3.8) is 0 Å². The molecule has 1 fully saturated rings. The Morgan fingerprint density at radius 1 is 1.19 bits per heavy atom. The van der Waals surface area contributed by atoms with Crippen LogP contribution in [0.25, 0.3) is 0 Å². The maximum atomic E-state index is 12.0. The molecule has 1 aliphatic rings. The Morgan fingerprint density at radius 3 is 2.81 bits per heavy atom. The Labute approximate surface area is 154 Å². The lowest BCUT2D eigenvalue weighted by atomic mass is 10.1. The number of carbonyl (C=O) groups is 1. The average molecular weight is 354 g/mol. The lowest BCUT2D eigenvalue weighted by Crippen LogP contribution is -2.33. The summed E-state index contributed by atoms with van der Waals surface area (Å²) in [6.07, 6.45) is 5.13. The van der Waals surface area contributed by atoms with Crippen LogP contribution >= 0.6 is 0 Å². The van der Waals surface area contributed by atoms with Crippen LogP contribution in [-0.4, -0.2) is 42.4 Å². The highest BCUT2D eigenvalue weighted by atomic mass is 16.2. The number of hydrogen-bond donors (Lipinski definition) is 3. The van der Waals surface area contributed by atoms with Crippen LogP contribution in [0.5, 0.6) is 0 Å². The van der Waals surface area contributed by atoms with Gasteiger partial charge < -0.3 is 20.9 Å². The number of amides is 2. The molecule has 0 unspecified atom stereocenters. The zero-order chi connectivity index (χ0) is 18.2. The van der Waals surface area contributed by atoms with E-state index in [0.29, 0.717) is 13.1 Å². The zero-order valence-electron chi connectivity index (χ0n) is 15.2. The van der Waals surface area contributed by atoms with Crippen LogP contribution in [0.15, 0.2) is 36.5 Å². The van der Waals surface area contributed by atoms with Gasteiger partial charge in [-0.05, 0) is 30.9 Å². The van der Waals surface area contributed by atoms with E-state index in [1.54, 1.807) is 6.20 Å². The van der Waals surface area contributed by atoms with E-state index in [0.717, 1.165) is 42.3 Å². The third kappa shape index (κ3) is 4.84. The zero-order valence-corrected chi connectivity index (χ0v) is 15.2. The molecule has 7 heteroatoms. The number of benzene rings is 1. The monoisotopic (exact) mass is 354 g/mol. The summed E-state index contributed by atoms with van der Waals surface area (Å²) in [6.45, 7) is 5.30. The molecule has 2 amide bonds. The number of carbonyl (C=O) groups excluding carboxylic acids is 1. The van der Waals surface area contributed by atoms with Crippen molar-refractivity contribution in [2.75, 3.05) is 41.7 Å². The van der Waals surface area contributed by atoms with Gasteiger partial charge in [-0.1, -0.05) is 25.1 Å². The number of aryl methyl sites for hydroxylation is 1. The molecule has 0 aliphatic carbocycles. The summed E-state index contributed by atoms with van der Waals surface area (Å²) in [7, 11) is 0. The first-order valence-electron chi connectivity index (χ1n) is 9.20. The van der Waals surface area contributed by atoms with E-state index in [1.807, 2.05) is 30.3 Å². The van der Waals surface area contributed by atoms with E-state index >= 15 is 0 Å². The number of urea groups is 1. The van der Waals surface area contributed by atoms with Crippen molar-refractivity contribution in [1.82, 2.24) is 15.5 Å². The number of nitrogens with one attached hydrogen (secondary N) is 3. The predicted octanol–water partition coefficient (Wildman–Crippen LogP) is 2.87. The molecule has 1 aromatic carbocycles. The minimum atomic E-state index is -0.204. The minimum Gasteiger partial charge on any atom is -0.370 e. The van der Waals surface area contributed by atoms with Gasteiger partial charge in [0.2, 0.25) is 0 Å². The molecule has 7 nitrogen and oxygen atoms in total. The quantitative estimate of drug-likeness (QED) is 0.666. The number of nitrogens with zero attached hydrogens (tertiary/aromatic N) is 3. The van der Waals surface area contributed by atoms with Crippen molar-refractivity contribution in [2.24, 2.45) is 0 Å². The number of rotatable bonds is 7. The molecule has 0 radical (unpaired) electrons. The summed E-state index contributed by atoms with van der Waals surface area (Å²) < 4.78 is 0. The molecule has 1 aliphatic heterocycles. The minimum absolute atomic E-state index is 0.204. The molecule has 3 N–H and O–H groups in total. The van der Waals surface area contributed by atoms with E-state index in [9.17, 15) is 4.79 Å². The van der Waals surface area contributed by atoms with Crippen molar-refractivity contribution < 1.29 is 4.79 Å². The van der Waals surface area contributed by atoms with Gasteiger partial charge in [0.1, 0.15) is 0 Å². The highest BCUT2D eigenvalue weighted by Gasteiger charge is 2.13. The smallest absolute Gasteiger partial charge is 0.319 e. The summed E-state index contributed by atoms with van der Waals surface area (Å²) in [4.78, 5) is 14.4. The van der Waals surface area contributed by atoms with Gasteiger partial charge in [0.25, 0.3) is 0 Å². The third-order valence-corrected chi connectivity index (χ3v) is 4.47. The van der Waals surface area contributed by atoms with Gasteiger partial charge in [-0.25, -0.2) is 4.79 Å². The first-order chi connectivity index (χ1) is 12.8. The maximum Gasteiger partial charge on any atom is 0.319 e. The normalized spacial score (nSPS) is 13.5. The molecular weight excluding hydrogens is 328 g/mol. The number of anilines is 3. The van der Waals surface area contributed by atoms with Crippen LogP contribution in [0, 0.1) is 0 Å². The second-order valence-electron chi connectivity index (χ2n) is 6.31. The van der Waals surface area contributed by atoms with Crippen LogP contribution in [0.3, 0.4) is 0 Å². The second kappa shape index (κ2) is 9.03. The van der Waals surface area contributed by atoms with Crippen LogP contribution in [0.1, 0.15) is 25.3 Å². The average Bonchev–Trinajstić information content (AvgIpc) is 3.21. The summed E-state index contributed by atoms with van der Waals surface area (Å²) in [6, 6.07) is 9.63. The van der Waals surface area contributed by atoms with Crippen LogP contribution in [0.2, 0.25) is 0 Å². The van der Waals surface area contributed by atoms with Gasteiger partial charge in [-0.15, -0.1) is 5.10 Å². The molecule has 1 aromatic heterocycles. The van der Waals surface area contributed by atoms with E-state index in [-0.39, 0.29) is 6.03 Å². The largest absolute Gasteiger partial charge is 0.370 e. The van der Waals surface area contributed by atoms with Gasteiger partial charge in [0.05, 0.1) is 11.9 Å². The first kappa shape index (κ1) is 18.0. The standard InChI is InChI=1S/C19H26N6O/c1-2-15-7-3-4-8-17(15)23-19(26)21-10-9-20-18-13-16(14-22-24-18)25-11-5-6-12-25/h3-4,7-8,13-14H,2,5-6,9-12H2,1H3,(H,20,24)(H2,21,23,26). The van der Waals surface area contributed by atoms with E-state index < -0.39 is 0 Å². The summed E-state index contributed by atoms with van der Waals surface area (Å²) in [5, 5.41) is 17.1. The molecule has 0 spiro atoms. The Balaban J connectivity index is 1.42. The van der Waals surface area contributed by atoms with E-state index in [2.05, 4.69) is 38.0 Å². The van der Waals surface area contributed by atoms with Gasteiger partial charge in [-0.2, -0.15) is 5.10 Å². The second-order valence-corrected chi connectivity index (χ2v) is 6.31. The Hall–Kier alpha value is -2.83. The topological polar surface area (TPSA) is 82.2 Å². The predicted molar refractivity (Wildman–Crippen MR) is 105 cm³/mol. The lowest BCUT2D eigenvalue weighted by Gasteiger charge is -2.17. The van der Waals surface area contributed by atoms with E-state index in [4.69, 9.17) is 0 Å². The van der Waals surface area contributed by atoms with Gasteiger partial charge in [0.15, 0.2) is 5.82 Å². The molecule has 1 saturated heterocycles.